The topological polar surface area (TPSA) is 118 Å². The number of hydrogen-bond acceptors (Lipinski definition) is 5. The van der Waals surface area contributed by atoms with Gasteiger partial charge in [0, 0.05) is 12.1 Å². The number of carboxylic acids is 1. The molecule has 174 valence electrons. The minimum atomic E-state index is -1.15. The number of carbonyl (C=O) groups is 3. The molecule has 1 aliphatic carbocycles. The van der Waals surface area contributed by atoms with Crippen molar-refractivity contribution in [3.63, 3.8) is 0 Å². The maximum absolute atomic E-state index is 12.8. The lowest BCUT2D eigenvalue weighted by Crippen LogP contribution is -2.47. The molecule has 1 atom stereocenters. The van der Waals surface area contributed by atoms with Gasteiger partial charge in [0.2, 0.25) is 5.91 Å². The third-order valence-electron chi connectivity index (χ3n) is 5.82. The second-order valence-electron chi connectivity index (χ2n) is 8.45. The molecule has 2 amide bonds. The van der Waals surface area contributed by atoms with Gasteiger partial charge in [-0.2, -0.15) is 0 Å². The maximum Gasteiger partial charge on any atom is 0.407 e. The summed E-state index contributed by atoms with van der Waals surface area (Å²) >= 11 is 0. The Kier molecular flexibility index (Phi) is 6.58. The van der Waals surface area contributed by atoms with Crippen molar-refractivity contribution in [2.75, 3.05) is 11.9 Å². The Bertz CT molecular complexity index is 1190. The van der Waals surface area contributed by atoms with Gasteiger partial charge in [-0.05, 0) is 34.2 Å². The first-order chi connectivity index (χ1) is 16.3. The fourth-order valence-corrected chi connectivity index (χ4v) is 4.15. The van der Waals surface area contributed by atoms with Crippen LogP contribution in [0.1, 0.15) is 41.3 Å². The Morgan fingerprint density at radius 1 is 1.00 bits per heavy atom. The average Bonchev–Trinajstić information content (AvgIpc) is 3.15. The zero-order valence-electron chi connectivity index (χ0n) is 18.8. The van der Waals surface area contributed by atoms with E-state index < -0.39 is 24.0 Å². The molecule has 1 heterocycles. The van der Waals surface area contributed by atoms with Gasteiger partial charge >= 0.3 is 12.1 Å². The minimum Gasteiger partial charge on any atom is -0.478 e. The summed E-state index contributed by atoms with van der Waals surface area (Å²) < 4.78 is 5.55. The van der Waals surface area contributed by atoms with Gasteiger partial charge in [-0.1, -0.05) is 62.4 Å². The van der Waals surface area contributed by atoms with Crippen molar-refractivity contribution in [2.45, 2.75) is 25.8 Å². The largest absolute Gasteiger partial charge is 0.478 e. The Hall–Kier alpha value is -4.20. The van der Waals surface area contributed by atoms with E-state index in [9.17, 15) is 14.4 Å². The second kappa shape index (κ2) is 9.74. The van der Waals surface area contributed by atoms with Gasteiger partial charge in [-0.15, -0.1) is 0 Å². The number of aromatic nitrogens is 1. The highest BCUT2D eigenvalue weighted by molar-refractivity contribution is 5.97. The first kappa shape index (κ1) is 23.0. The number of alkyl carbamates (subject to hydrolysis) is 1. The average molecular weight is 460 g/mol. The van der Waals surface area contributed by atoms with Gasteiger partial charge in [-0.3, -0.25) is 9.78 Å². The first-order valence-electron chi connectivity index (χ1n) is 11.0. The molecule has 2 aromatic carbocycles. The molecule has 8 heteroatoms. The summed E-state index contributed by atoms with van der Waals surface area (Å²) in [5.74, 6) is -1.97. The van der Waals surface area contributed by atoms with Crippen LogP contribution in [0.2, 0.25) is 0 Å². The number of carbonyl (C=O) groups excluding carboxylic acids is 2. The number of anilines is 1. The lowest BCUT2D eigenvalue weighted by atomic mass is 9.98. The van der Waals surface area contributed by atoms with Gasteiger partial charge in [0.15, 0.2) is 0 Å². The third-order valence-corrected chi connectivity index (χ3v) is 5.82. The summed E-state index contributed by atoms with van der Waals surface area (Å²) in [4.78, 5) is 40.4. The van der Waals surface area contributed by atoms with Crippen molar-refractivity contribution in [2.24, 2.45) is 5.92 Å². The van der Waals surface area contributed by atoms with Crippen LogP contribution in [0, 0.1) is 5.92 Å². The molecule has 3 aromatic rings. The molecule has 0 radical (unpaired) electrons. The molecular formula is C26H25N3O5. The molecule has 4 rings (SSSR count). The number of pyridine rings is 1. The number of nitrogens with zero attached hydrogens (tertiary/aromatic N) is 1. The summed E-state index contributed by atoms with van der Waals surface area (Å²) in [7, 11) is 0. The number of amides is 2. The Morgan fingerprint density at radius 2 is 1.62 bits per heavy atom. The predicted molar refractivity (Wildman–Crippen MR) is 127 cm³/mol. The highest BCUT2D eigenvalue weighted by atomic mass is 16.5. The van der Waals surface area contributed by atoms with Crippen LogP contribution in [-0.2, 0) is 9.53 Å². The van der Waals surface area contributed by atoms with Gasteiger partial charge in [0.05, 0.1) is 17.4 Å². The van der Waals surface area contributed by atoms with E-state index in [0.29, 0.717) is 0 Å². The van der Waals surface area contributed by atoms with Crippen LogP contribution >= 0.6 is 0 Å². The monoisotopic (exact) mass is 459 g/mol. The smallest absolute Gasteiger partial charge is 0.407 e. The molecule has 1 aliphatic rings. The lowest BCUT2D eigenvalue weighted by Gasteiger charge is -2.22. The van der Waals surface area contributed by atoms with E-state index in [1.807, 2.05) is 36.4 Å². The van der Waals surface area contributed by atoms with E-state index in [1.165, 1.54) is 18.5 Å². The Balaban J connectivity index is 1.42. The van der Waals surface area contributed by atoms with Crippen LogP contribution in [0.15, 0.2) is 67.0 Å². The van der Waals surface area contributed by atoms with Crippen molar-refractivity contribution in [1.82, 2.24) is 10.3 Å². The van der Waals surface area contributed by atoms with Crippen LogP contribution in [-0.4, -0.2) is 40.7 Å². The molecule has 34 heavy (non-hydrogen) atoms. The van der Waals surface area contributed by atoms with Crippen LogP contribution < -0.4 is 10.6 Å². The highest BCUT2D eigenvalue weighted by Crippen LogP contribution is 2.44. The SMILES string of the molecule is CC(C)[C@@H](NC(=O)OCC1c2ccccc2-c2ccccc21)C(=O)Nc1cncc(C(=O)O)c1. The normalized spacial score (nSPS) is 13.0. The quantitative estimate of drug-likeness (QED) is 0.485. The van der Waals surface area contributed by atoms with E-state index in [0.717, 1.165) is 22.3 Å². The van der Waals surface area contributed by atoms with E-state index in [1.54, 1.807) is 13.8 Å². The highest BCUT2D eigenvalue weighted by Gasteiger charge is 2.30. The Morgan fingerprint density at radius 3 is 2.21 bits per heavy atom. The molecule has 0 saturated heterocycles. The van der Waals surface area contributed by atoms with Crippen molar-refractivity contribution in [1.29, 1.82) is 0 Å². The number of rotatable bonds is 7. The number of hydrogen-bond donors (Lipinski definition) is 3. The number of carboxylic acid groups (broad SMARTS) is 1. The van der Waals surface area contributed by atoms with Crippen molar-refractivity contribution in [3.8, 4) is 11.1 Å². The van der Waals surface area contributed by atoms with Crippen LogP contribution in [0.25, 0.3) is 11.1 Å². The number of benzene rings is 2. The number of ether oxygens (including phenoxy) is 1. The number of nitrogens with one attached hydrogen (secondary N) is 2. The molecule has 0 saturated carbocycles. The molecule has 0 fully saturated rings. The molecule has 0 aliphatic heterocycles. The van der Waals surface area contributed by atoms with Gasteiger partial charge < -0.3 is 20.5 Å². The molecular weight excluding hydrogens is 434 g/mol. The summed E-state index contributed by atoms with van der Waals surface area (Å²) in [6.45, 7) is 3.72. The molecule has 1 aromatic heterocycles. The first-order valence-corrected chi connectivity index (χ1v) is 11.0. The fraction of sp³-hybridized carbons (Fsp3) is 0.231. The van der Waals surface area contributed by atoms with Crippen LogP contribution in [0.5, 0.6) is 0 Å². The summed E-state index contributed by atoms with van der Waals surface area (Å²) in [5.41, 5.74) is 4.63. The zero-order chi connectivity index (χ0) is 24.2. The van der Waals surface area contributed by atoms with Crippen LogP contribution in [0.4, 0.5) is 10.5 Å². The number of aromatic carboxylic acids is 1. The van der Waals surface area contributed by atoms with Crippen molar-refractivity contribution < 1.29 is 24.2 Å². The summed E-state index contributed by atoms with van der Waals surface area (Å²) in [6, 6.07) is 16.5. The zero-order valence-corrected chi connectivity index (χ0v) is 18.8. The maximum atomic E-state index is 12.8. The lowest BCUT2D eigenvalue weighted by molar-refractivity contribution is -0.119. The molecule has 0 unspecified atom stereocenters. The number of fused-ring (bicyclic) bond motifs is 3. The van der Waals surface area contributed by atoms with Crippen molar-refractivity contribution >= 4 is 23.7 Å². The summed E-state index contributed by atoms with van der Waals surface area (Å²) in [5, 5.41) is 14.4. The predicted octanol–water partition coefficient (Wildman–Crippen LogP) is 4.28. The molecule has 0 spiro atoms. The van der Waals surface area contributed by atoms with E-state index in [4.69, 9.17) is 9.84 Å². The van der Waals surface area contributed by atoms with Crippen LogP contribution in [0.3, 0.4) is 0 Å². The van der Waals surface area contributed by atoms with Crippen molar-refractivity contribution in [3.05, 3.63) is 83.7 Å². The second-order valence-corrected chi connectivity index (χ2v) is 8.45. The standard InChI is InChI=1S/C26H25N3O5/c1-15(2)23(24(30)28-17-11-16(25(31)32)12-27-13-17)29-26(33)34-14-22-20-9-5-3-7-18(20)19-8-4-6-10-21(19)22/h3-13,15,22-23H,14H2,1-2H3,(H,28,30)(H,29,33)(H,31,32)/t23-/m1/s1. The van der Waals surface area contributed by atoms with E-state index >= 15 is 0 Å². The van der Waals surface area contributed by atoms with E-state index in [2.05, 4.69) is 27.8 Å². The van der Waals surface area contributed by atoms with Gasteiger partial charge in [0.25, 0.3) is 0 Å². The fourth-order valence-electron chi connectivity index (χ4n) is 4.15. The van der Waals surface area contributed by atoms with Gasteiger partial charge in [0.1, 0.15) is 12.6 Å². The molecule has 3 N–H and O–H groups in total. The third kappa shape index (κ3) is 4.76. The Labute approximate surface area is 197 Å². The molecule has 8 nitrogen and oxygen atoms in total. The molecule has 0 bridgehead atoms. The summed E-state index contributed by atoms with van der Waals surface area (Å²) in [6.07, 6.45) is 1.83. The van der Waals surface area contributed by atoms with E-state index in [-0.39, 0.29) is 29.7 Å². The van der Waals surface area contributed by atoms with Gasteiger partial charge in [-0.25, -0.2) is 9.59 Å². The minimum absolute atomic E-state index is 0.0524.